The molecule has 3 heterocycles. The van der Waals surface area contributed by atoms with E-state index in [1.54, 1.807) is 43.0 Å². The Kier molecular flexibility index (Phi) is 6.34. The number of nitrogens with zero attached hydrogens (tertiary/aromatic N) is 3. The van der Waals surface area contributed by atoms with Crippen molar-refractivity contribution in [2.75, 3.05) is 11.9 Å². The van der Waals surface area contributed by atoms with E-state index < -0.39 is 6.04 Å². The lowest BCUT2D eigenvalue weighted by Crippen LogP contribution is -2.28. The Hall–Kier alpha value is -3.59. The van der Waals surface area contributed by atoms with Crippen molar-refractivity contribution in [1.82, 2.24) is 24.5 Å². The normalized spacial score (nSPS) is 12.2. The van der Waals surface area contributed by atoms with Crippen LogP contribution in [0.15, 0.2) is 66.1 Å². The first-order chi connectivity index (χ1) is 16.9. The number of halogens is 2. The van der Waals surface area contributed by atoms with Crippen LogP contribution in [-0.4, -0.2) is 42.3 Å². The van der Waals surface area contributed by atoms with Gasteiger partial charge in [0.25, 0.3) is 5.56 Å². The molecule has 0 aliphatic heterocycles. The first-order valence-electron chi connectivity index (χ1n) is 11.0. The Bertz CT molecular complexity index is 1540. The molecule has 178 valence electrons. The number of hydrogen-bond donors (Lipinski definition) is 4. The third-order valence-corrected chi connectivity index (χ3v) is 6.56. The summed E-state index contributed by atoms with van der Waals surface area (Å²) in [5.41, 5.74) is 4.73. The summed E-state index contributed by atoms with van der Waals surface area (Å²) in [6.07, 6.45) is 7.22. The highest BCUT2D eigenvalue weighted by molar-refractivity contribution is 6.36. The molecule has 0 aliphatic rings. The average Bonchev–Trinajstić information content (AvgIpc) is 3.51. The molecule has 35 heavy (non-hydrogen) atoms. The maximum absolute atomic E-state index is 12.9. The summed E-state index contributed by atoms with van der Waals surface area (Å²) in [4.78, 5) is 27.8. The summed E-state index contributed by atoms with van der Waals surface area (Å²) < 4.78 is 1.90. The number of aromatic amines is 2. The molecule has 1 unspecified atom stereocenters. The third kappa shape index (κ3) is 4.55. The van der Waals surface area contributed by atoms with E-state index in [9.17, 15) is 9.90 Å². The summed E-state index contributed by atoms with van der Waals surface area (Å²) in [6, 6.07) is 10.6. The second-order valence-electron chi connectivity index (χ2n) is 8.24. The highest BCUT2D eigenvalue weighted by atomic mass is 35.5. The molecule has 1 atom stereocenters. The summed E-state index contributed by atoms with van der Waals surface area (Å²) in [6.45, 7) is 1.78. The SMILES string of the molecule is Cc1cc(-n2ccnc2)cc2[nH]c(-c3c(NC(CO)Cc4c(Cl)cccc4Cl)cc[nH]c3=O)nc12. The molecular weight excluding hydrogens is 487 g/mol. The molecule has 0 spiro atoms. The molecule has 2 aromatic carbocycles. The van der Waals surface area contributed by atoms with E-state index in [2.05, 4.69) is 20.3 Å². The minimum atomic E-state index is -0.438. The fraction of sp³-hybridized carbons (Fsp3) is 0.160. The van der Waals surface area contributed by atoms with Crippen molar-refractivity contribution in [3.05, 3.63) is 92.8 Å². The van der Waals surface area contributed by atoms with Crippen LogP contribution in [0.2, 0.25) is 10.0 Å². The zero-order valence-electron chi connectivity index (χ0n) is 18.7. The standard InChI is InChI=1S/C25H22Cl2N6O2/c1-14-9-16(33-8-7-28-13-33)11-21-23(14)32-24(31-21)22-20(5-6-29-25(22)35)30-15(12-34)10-17-18(26)3-2-4-19(17)27/h2-9,11,13,15,34H,10,12H2,1H3,(H,31,32)(H2,29,30,35). The number of anilines is 1. The Balaban J connectivity index is 1.53. The zero-order valence-corrected chi connectivity index (χ0v) is 20.2. The highest BCUT2D eigenvalue weighted by Crippen LogP contribution is 2.30. The van der Waals surface area contributed by atoms with Gasteiger partial charge in [-0.05, 0) is 54.8 Å². The van der Waals surface area contributed by atoms with E-state index in [0.29, 0.717) is 33.5 Å². The third-order valence-electron chi connectivity index (χ3n) is 5.85. The van der Waals surface area contributed by atoms with E-state index in [1.807, 2.05) is 29.8 Å². The number of aromatic nitrogens is 5. The van der Waals surface area contributed by atoms with Crippen LogP contribution in [-0.2, 0) is 6.42 Å². The van der Waals surface area contributed by atoms with Crippen molar-refractivity contribution in [3.63, 3.8) is 0 Å². The molecule has 5 rings (SSSR count). The second-order valence-corrected chi connectivity index (χ2v) is 9.05. The number of pyridine rings is 1. The lowest BCUT2D eigenvalue weighted by molar-refractivity contribution is 0.274. The van der Waals surface area contributed by atoms with Gasteiger partial charge in [-0.15, -0.1) is 0 Å². The lowest BCUT2D eigenvalue weighted by atomic mass is 10.1. The van der Waals surface area contributed by atoms with Gasteiger partial charge in [-0.3, -0.25) is 4.79 Å². The topological polar surface area (TPSA) is 112 Å². The van der Waals surface area contributed by atoms with Crippen LogP contribution in [0.3, 0.4) is 0 Å². The molecule has 0 saturated carbocycles. The van der Waals surface area contributed by atoms with Crippen LogP contribution in [0, 0.1) is 6.92 Å². The number of fused-ring (bicyclic) bond motifs is 1. The highest BCUT2D eigenvalue weighted by Gasteiger charge is 2.20. The maximum atomic E-state index is 12.9. The van der Waals surface area contributed by atoms with E-state index in [-0.39, 0.29) is 12.2 Å². The number of aliphatic hydroxyl groups excluding tert-OH is 1. The van der Waals surface area contributed by atoms with Gasteiger partial charge in [-0.1, -0.05) is 29.3 Å². The van der Waals surface area contributed by atoms with Gasteiger partial charge in [-0.2, -0.15) is 0 Å². The van der Waals surface area contributed by atoms with E-state index in [4.69, 9.17) is 28.2 Å². The van der Waals surface area contributed by atoms with E-state index >= 15 is 0 Å². The van der Waals surface area contributed by atoms with Crippen LogP contribution in [0.1, 0.15) is 11.1 Å². The number of rotatable bonds is 7. The van der Waals surface area contributed by atoms with Crippen molar-refractivity contribution < 1.29 is 5.11 Å². The van der Waals surface area contributed by atoms with Crippen molar-refractivity contribution in [1.29, 1.82) is 0 Å². The fourth-order valence-electron chi connectivity index (χ4n) is 4.14. The molecule has 0 saturated heterocycles. The lowest BCUT2D eigenvalue weighted by Gasteiger charge is -2.20. The van der Waals surface area contributed by atoms with Crippen LogP contribution in [0.4, 0.5) is 5.69 Å². The summed E-state index contributed by atoms with van der Waals surface area (Å²) in [5.74, 6) is 0.419. The van der Waals surface area contributed by atoms with E-state index in [1.165, 1.54) is 0 Å². The van der Waals surface area contributed by atoms with Crippen LogP contribution in [0.5, 0.6) is 0 Å². The smallest absolute Gasteiger partial charge is 0.261 e. The summed E-state index contributed by atoms with van der Waals surface area (Å²) in [7, 11) is 0. The Morgan fingerprint density at radius 3 is 2.71 bits per heavy atom. The molecule has 4 N–H and O–H groups in total. The molecule has 0 aliphatic carbocycles. The minimum absolute atomic E-state index is 0.193. The molecule has 5 aromatic rings. The molecule has 8 nitrogen and oxygen atoms in total. The van der Waals surface area contributed by atoms with Crippen LogP contribution >= 0.6 is 23.2 Å². The number of aryl methyl sites for hydroxylation is 1. The van der Waals surface area contributed by atoms with Gasteiger partial charge < -0.3 is 25.0 Å². The Morgan fingerprint density at radius 1 is 1.20 bits per heavy atom. The zero-order chi connectivity index (χ0) is 24.5. The number of benzene rings is 2. The van der Waals surface area contributed by atoms with Gasteiger partial charge in [0, 0.05) is 34.3 Å². The van der Waals surface area contributed by atoms with Crippen molar-refractivity contribution in [2.45, 2.75) is 19.4 Å². The van der Waals surface area contributed by atoms with Crippen molar-refractivity contribution in [3.8, 4) is 17.1 Å². The first kappa shape index (κ1) is 23.2. The molecule has 0 fully saturated rings. The predicted octanol–water partition coefficient (Wildman–Crippen LogP) is 4.73. The summed E-state index contributed by atoms with van der Waals surface area (Å²) >= 11 is 12.7. The minimum Gasteiger partial charge on any atom is -0.394 e. The summed E-state index contributed by atoms with van der Waals surface area (Å²) in [5, 5.41) is 14.4. The van der Waals surface area contributed by atoms with Crippen molar-refractivity contribution in [2.24, 2.45) is 0 Å². The second kappa shape index (κ2) is 9.58. The molecule has 3 aromatic heterocycles. The van der Waals surface area contributed by atoms with Gasteiger partial charge in [0.05, 0.1) is 35.7 Å². The number of nitrogens with one attached hydrogen (secondary N) is 3. The van der Waals surface area contributed by atoms with Gasteiger partial charge in [0.15, 0.2) is 0 Å². The van der Waals surface area contributed by atoms with Gasteiger partial charge in [0.2, 0.25) is 0 Å². The van der Waals surface area contributed by atoms with Gasteiger partial charge in [-0.25, -0.2) is 9.97 Å². The Labute approximate surface area is 210 Å². The average molecular weight is 509 g/mol. The molecule has 0 radical (unpaired) electrons. The van der Waals surface area contributed by atoms with Crippen LogP contribution < -0.4 is 10.9 Å². The largest absolute Gasteiger partial charge is 0.394 e. The number of aliphatic hydroxyl groups is 1. The number of imidazole rings is 2. The quantitative estimate of drug-likeness (QED) is 0.253. The van der Waals surface area contributed by atoms with Crippen LogP contribution in [0.25, 0.3) is 28.1 Å². The fourth-order valence-corrected chi connectivity index (χ4v) is 4.69. The number of hydrogen-bond acceptors (Lipinski definition) is 5. The molecule has 0 amide bonds. The first-order valence-corrected chi connectivity index (χ1v) is 11.7. The molecular formula is C25H22Cl2N6O2. The predicted molar refractivity (Wildman–Crippen MR) is 139 cm³/mol. The monoisotopic (exact) mass is 508 g/mol. The molecule has 10 heteroatoms. The number of H-pyrrole nitrogens is 2. The molecule has 0 bridgehead atoms. The van der Waals surface area contributed by atoms with Crippen molar-refractivity contribution >= 4 is 39.9 Å². The Morgan fingerprint density at radius 2 is 2.00 bits per heavy atom. The van der Waals surface area contributed by atoms with Gasteiger partial charge in [0.1, 0.15) is 11.4 Å². The van der Waals surface area contributed by atoms with Gasteiger partial charge >= 0.3 is 0 Å². The van der Waals surface area contributed by atoms with E-state index in [0.717, 1.165) is 27.8 Å². The maximum Gasteiger partial charge on any atom is 0.261 e.